The summed E-state index contributed by atoms with van der Waals surface area (Å²) in [6, 6.07) is 8.37. The summed E-state index contributed by atoms with van der Waals surface area (Å²) in [5.41, 5.74) is 2.62. The molecule has 1 aliphatic heterocycles. The van der Waals surface area contributed by atoms with Gasteiger partial charge in [-0.2, -0.15) is 0 Å². The van der Waals surface area contributed by atoms with Crippen LogP contribution in [0.4, 0.5) is 0 Å². The second-order valence-electron chi connectivity index (χ2n) is 6.15. The minimum Gasteiger partial charge on any atom is -0.480 e. The molecule has 1 heterocycles. The average molecular weight is 319 g/mol. The van der Waals surface area contributed by atoms with Crippen molar-refractivity contribution in [2.75, 3.05) is 46.3 Å². The van der Waals surface area contributed by atoms with Crippen molar-refractivity contribution < 1.29 is 14.7 Å². The van der Waals surface area contributed by atoms with Gasteiger partial charge in [-0.15, -0.1) is 0 Å². The van der Waals surface area contributed by atoms with Gasteiger partial charge in [-0.1, -0.05) is 24.3 Å². The van der Waals surface area contributed by atoms with E-state index in [9.17, 15) is 9.59 Å². The first-order valence-electron chi connectivity index (χ1n) is 7.90. The van der Waals surface area contributed by atoms with Crippen molar-refractivity contribution in [3.63, 3.8) is 0 Å². The fourth-order valence-corrected chi connectivity index (χ4v) is 2.80. The van der Waals surface area contributed by atoms with Crippen LogP contribution in [-0.2, 0) is 16.1 Å². The number of nitrogens with zero attached hydrogens (tertiary/aromatic N) is 3. The van der Waals surface area contributed by atoms with Crippen LogP contribution in [0.15, 0.2) is 24.3 Å². The number of carboxylic acid groups (broad SMARTS) is 1. The number of piperazine rings is 1. The molecule has 2 rings (SSSR count). The molecule has 6 nitrogen and oxygen atoms in total. The molecule has 1 aromatic rings. The molecule has 1 aromatic carbocycles. The first-order valence-corrected chi connectivity index (χ1v) is 7.90. The van der Waals surface area contributed by atoms with E-state index in [1.165, 1.54) is 16.0 Å². The zero-order valence-corrected chi connectivity index (χ0v) is 13.9. The van der Waals surface area contributed by atoms with Crippen LogP contribution in [0.5, 0.6) is 0 Å². The molecule has 0 unspecified atom stereocenters. The van der Waals surface area contributed by atoms with Crippen LogP contribution in [0.1, 0.15) is 11.1 Å². The summed E-state index contributed by atoms with van der Waals surface area (Å²) in [6.45, 7) is 6.17. The summed E-state index contributed by atoms with van der Waals surface area (Å²) in [7, 11) is 1.65. The van der Waals surface area contributed by atoms with E-state index in [4.69, 9.17) is 5.11 Å². The molecule has 1 N–H and O–H groups in total. The molecule has 1 fully saturated rings. The predicted octanol–water partition coefficient (Wildman–Crippen LogP) is 0.656. The lowest BCUT2D eigenvalue weighted by molar-refractivity contribution is -0.139. The lowest BCUT2D eigenvalue weighted by Crippen LogP contribution is -2.50. The van der Waals surface area contributed by atoms with E-state index in [0.717, 1.165) is 19.6 Å². The fourth-order valence-electron chi connectivity index (χ4n) is 2.80. The van der Waals surface area contributed by atoms with Gasteiger partial charge in [0.15, 0.2) is 0 Å². The van der Waals surface area contributed by atoms with E-state index in [2.05, 4.69) is 30.0 Å². The van der Waals surface area contributed by atoms with E-state index in [1.807, 2.05) is 11.0 Å². The monoisotopic (exact) mass is 319 g/mol. The third-order valence-electron chi connectivity index (χ3n) is 4.19. The van der Waals surface area contributed by atoms with Crippen molar-refractivity contribution >= 4 is 11.9 Å². The molecular formula is C17H25N3O3. The van der Waals surface area contributed by atoms with E-state index >= 15 is 0 Å². The van der Waals surface area contributed by atoms with Gasteiger partial charge in [-0.3, -0.25) is 19.4 Å². The van der Waals surface area contributed by atoms with Crippen LogP contribution in [0.3, 0.4) is 0 Å². The number of hydrogen-bond donors (Lipinski definition) is 1. The number of amides is 1. The number of carbonyl (C=O) groups is 2. The van der Waals surface area contributed by atoms with Gasteiger partial charge < -0.3 is 10.0 Å². The van der Waals surface area contributed by atoms with E-state index in [0.29, 0.717) is 13.1 Å². The summed E-state index contributed by atoms with van der Waals surface area (Å²) in [4.78, 5) is 28.5. The molecule has 23 heavy (non-hydrogen) atoms. The maximum absolute atomic E-state index is 12.2. The number of aryl methyl sites for hydroxylation is 1. The molecule has 0 aromatic heterocycles. The lowest BCUT2D eigenvalue weighted by Gasteiger charge is -2.35. The van der Waals surface area contributed by atoms with Crippen LogP contribution in [0.2, 0.25) is 0 Å². The van der Waals surface area contributed by atoms with Crippen molar-refractivity contribution in [2.45, 2.75) is 13.5 Å². The van der Waals surface area contributed by atoms with Gasteiger partial charge in [0.2, 0.25) is 5.91 Å². The lowest BCUT2D eigenvalue weighted by atomic mass is 10.1. The molecule has 0 radical (unpaired) electrons. The fraction of sp³-hybridized carbons (Fsp3) is 0.529. The molecule has 0 spiro atoms. The summed E-state index contributed by atoms with van der Waals surface area (Å²) in [6.07, 6.45) is 0. The van der Waals surface area contributed by atoms with Crippen LogP contribution in [0.25, 0.3) is 0 Å². The first kappa shape index (κ1) is 17.4. The Kier molecular flexibility index (Phi) is 6.12. The van der Waals surface area contributed by atoms with Gasteiger partial charge in [-0.25, -0.2) is 0 Å². The predicted molar refractivity (Wildman–Crippen MR) is 88.2 cm³/mol. The maximum atomic E-state index is 12.2. The standard InChI is InChI=1S/C17H25N3O3/c1-14-5-3-4-6-15(14)11-19-7-9-20(10-8-19)16(21)12-18(2)13-17(22)23/h3-6H,7-13H2,1-2H3,(H,22,23). The van der Waals surface area contributed by atoms with Crippen LogP contribution < -0.4 is 0 Å². The largest absolute Gasteiger partial charge is 0.480 e. The number of carbonyl (C=O) groups excluding carboxylic acids is 1. The molecule has 0 aliphatic carbocycles. The quantitative estimate of drug-likeness (QED) is 0.834. The third-order valence-corrected chi connectivity index (χ3v) is 4.19. The number of hydrogen-bond acceptors (Lipinski definition) is 4. The molecule has 0 atom stereocenters. The zero-order valence-electron chi connectivity index (χ0n) is 13.9. The average Bonchev–Trinajstić information content (AvgIpc) is 2.49. The van der Waals surface area contributed by atoms with Crippen molar-refractivity contribution in [1.29, 1.82) is 0 Å². The molecule has 1 amide bonds. The molecule has 0 bridgehead atoms. The van der Waals surface area contributed by atoms with Crippen molar-refractivity contribution in [3.05, 3.63) is 35.4 Å². The SMILES string of the molecule is Cc1ccccc1CN1CCN(C(=O)CN(C)CC(=O)O)CC1. The van der Waals surface area contributed by atoms with E-state index in [-0.39, 0.29) is 19.0 Å². The van der Waals surface area contributed by atoms with Crippen molar-refractivity contribution in [3.8, 4) is 0 Å². The molecule has 1 aliphatic rings. The highest BCUT2D eigenvalue weighted by atomic mass is 16.4. The molecule has 6 heteroatoms. The van der Waals surface area contributed by atoms with Gasteiger partial charge in [0.05, 0.1) is 13.1 Å². The van der Waals surface area contributed by atoms with Gasteiger partial charge in [0.1, 0.15) is 0 Å². The Bertz CT molecular complexity index is 554. The van der Waals surface area contributed by atoms with E-state index in [1.54, 1.807) is 7.05 Å². The summed E-state index contributed by atoms with van der Waals surface area (Å²) >= 11 is 0. The first-order chi connectivity index (χ1) is 11.0. The highest BCUT2D eigenvalue weighted by Gasteiger charge is 2.22. The molecule has 0 saturated carbocycles. The van der Waals surface area contributed by atoms with Crippen LogP contribution in [-0.4, -0.2) is 78.0 Å². The molecule has 1 saturated heterocycles. The third kappa shape index (κ3) is 5.33. The molecule has 126 valence electrons. The minimum absolute atomic E-state index is 0.00397. The van der Waals surface area contributed by atoms with Crippen LogP contribution in [0, 0.1) is 6.92 Å². The minimum atomic E-state index is -0.914. The normalized spacial score (nSPS) is 15.9. The number of benzene rings is 1. The van der Waals surface area contributed by atoms with Gasteiger partial charge >= 0.3 is 5.97 Å². The Hall–Kier alpha value is -1.92. The Balaban J connectivity index is 1.78. The second-order valence-corrected chi connectivity index (χ2v) is 6.15. The number of carboxylic acids is 1. The van der Waals surface area contributed by atoms with Gasteiger partial charge in [-0.05, 0) is 25.1 Å². The Morgan fingerprint density at radius 3 is 2.39 bits per heavy atom. The highest BCUT2D eigenvalue weighted by molar-refractivity contribution is 5.79. The topological polar surface area (TPSA) is 64.1 Å². The smallest absolute Gasteiger partial charge is 0.317 e. The number of likely N-dealkylation sites (N-methyl/N-ethyl adjacent to an activating group) is 1. The van der Waals surface area contributed by atoms with Gasteiger partial charge in [0.25, 0.3) is 0 Å². The van der Waals surface area contributed by atoms with Crippen molar-refractivity contribution in [1.82, 2.24) is 14.7 Å². The maximum Gasteiger partial charge on any atom is 0.317 e. The summed E-state index contributed by atoms with van der Waals surface area (Å²) < 4.78 is 0. The van der Waals surface area contributed by atoms with Gasteiger partial charge in [0, 0.05) is 32.7 Å². The van der Waals surface area contributed by atoms with Crippen molar-refractivity contribution in [2.24, 2.45) is 0 Å². The van der Waals surface area contributed by atoms with Crippen LogP contribution >= 0.6 is 0 Å². The Morgan fingerprint density at radius 1 is 1.13 bits per heavy atom. The Morgan fingerprint density at radius 2 is 1.78 bits per heavy atom. The highest BCUT2D eigenvalue weighted by Crippen LogP contribution is 2.12. The Labute approximate surface area is 137 Å². The number of rotatable bonds is 6. The zero-order chi connectivity index (χ0) is 16.8. The number of aliphatic carboxylic acids is 1. The summed E-state index contributed by atoms with van der Waals surface area (Å²) in [5.74, 6) is -0.910. The van der Waals surface area contributed by atoms with E-state index < -0.39 is 5.97 Å². The second kappa shape index (κ2) is 8.08. The molecular weight excluding hydrogens is 294 g/mol. The summed E-state index contributed by atoms with van der Waals surface area (Å²) in [5, 5.41) is 8.73.